The molecular formula is C20H23ClN4OS. The van der Waals surface area contributed by atoms with E-state index < -0.39 is 5.54 Å². The predicted molar refractivity (Wildman–Crippen MR) is 108 cm³/mol. The van der Waals surface area contributed by atoms with Crippen LogP contribution in [0.5, 0.6) is 0 Å². The van der Waals surface area contributed by atoms with Crippen molar-refractivity contribution in [1.29, 1.82) is 5.26 Å². The highest BCUT2D eigenvalue weighted by Crippen LogP contribution is 2.33. The number of imidazole rings is 1. The fourth-order valence-electron chi connectivity index (χ4n) is 3.56. The molecule has 1 aliphatic carbocycles. The highest BCUT2D eigenvalue weighted by molar-refractivity contribution is 7.99. The topological polar surface area (TPSA) is 61.9 Å². The summed E-state index contributed by atoms with van der Waals surface area (Å²) in [5.41, 5.74) is 1.26. The maximum Gasteiger partial charge on any atom is 0.234 e. The van der Waals surface area contributed by atoms with Gasteiger partial charge in [-0.3, -0.25) is 9.36 Å². The second-order valence-corrected chi connectivity index (χ2v) is 8.26. The summed E-state index contributed by atoms with van der Waals surface area (Å²) in [5, 5.41) is 11.1. The van der Waals surface area contributed by atoms with Gasteiger partial charge in [0.25, 0.3) is 0 Å². The first-order valence-electron chi connectivity index (χ1n) is 9.08. The zero-order chi connectivity index (χ0) is 19.4. The Morgan fingerprint density at radius 2 is 2.15 bits per heavy atom. The molecule has 0 radical (unpaired) electrons. The van der Waals surface area contributed by atoms with Crippen molar-refractivity contribution in [2.24, 2.45) is 0 Å². The molecule has 1 saturated carbocycles. The second-order valence-electron chi connectivity index (χ2n) is 6.91. The molecule has 1 aliphatic rings. The van der Waals surface area contributed by atoms with Crippen molar-refractivity contribution < 1.29 is 4.79 Å². The Bertz CT molecular complexity index is 867. The molecule has 1 heterocycles. The van der Waals surface area contributed by atoms with E-state index >= 15 is 0 Å². The quantitative estimate of drug-likeness (QED) is 0.685. The highest BCUT2D eigenvalue weighted by Gasteiger charge is 2.38. The number of amides is 1. The fourth-order valence-corrected chi connectivity index (χ4v) is 4.61. The molecule has 0 bridgehead atoms. The number of halogens is 1. The molecular weight excluding hydrogens is 380 g/mol. The first-order chi connectivity index (χ1) is 13.0. The lowest BCUT2D eigenvalue weighted by atomic mass is 9.81. The first-order valence-corrected chi connectivity index (χ1v) is 10.4. The summed E-state index contributed by atoms with van der Waals surface area (Å²) in [4.78, 5) is 18.8. The van der Waals surface area contributed by atoms with Gasteiger partial charge in [0.15, 0.2) is 5.16 Å². The third-order valence-corrected chi connectivity index (χ3v) is 6.70. The lowest BCUT2D eigenvalue weighted by Gasteiger charge is -2.39. The number of rotatable bonds is 5. The van der Waals surface area contributed by atoms with Gasteiger partial charge in [-0.25, -0.2) is 4.98 Å². The van der Waals surface area contributed by atoms with Gasteiger partial charge in [-0.2, -0.15) is 5.26 Å². The summed E-state index contributed by atoms with van der Waals surface area (Å²) in [6, 6.07) is 8.14. The van der Waals surface area contributed by atoms with Gasteiger partial charge >= 0.3 is 0 Å². The largest absolute Gasteiger partial charge is 0.326 e. The minimum Gasteiger partial charge on any atom is -0.326 e. The number of nitriles is 1. The van der Waals surface area contributed by atoms with E-state index in [0.717, 1.165) is 48.5 Å². The minimum atomic E-state index is -0.658. The number of thioether (sulfide) groups is 1. The molecule has 27 heavy (non-hydrogen) atoms. The standard InChI is InChI=1S/C20H23ClN4OS/c1-15-16(21)7-6-8-17(15)25-12-11-23-19(25)27-13-18(26)24(2)20(14-22)9-4-3-5-10-20/h6-8,11-12H,3-5,9-10,13H2,1-2H3. The van der Waals surface area contributed by atoms with Gasteiger partial charge < -0.3 is 4.90 Å². The predicted octanol–water partition coefficient (Wildman–Crippen LogP) is 4.61. The molecule has 0 spiro atoms. The van der Waals surface area contributed by atoms with E-state index in [-0.39, 0.29) is 11.7 Å². The van der Waals surface area contributed by atoms with Crippen LogP contribution in [0, 0.1) is 18.3 Å². The third-order valence-electron chi connectivity index (χ3n) is 5.34. The number of carbonyl (C=O) groups excluding carboxylic acids is 1. The van der Waals surface area contributed by atoms with Crippen LogP contribution in [-0.2, 0) is 4.79 Å². The van der Waals surface area contributed by atoms with Crippen LogP contribution in [0.1, 0.15) is 37.7 Å². The third kappa shape index (κ3) is 3.99. The van der Waals surface area contributed by atoms with Gasteiger partial charge in [0.2, 0.25) is 5.91 Å². The van der Waals surface area contributed by atoms with E-state index in [2.05, 4.69) is 11.1 Å². The SMILES string of the molecule is Cc1c(Cl)cccc1-n1ccnc1SCC(=O)N(C)C1(C#N)CCCCC1. The van der Waals surface area contributed by atoms with Crippen molar-refractivity contribution in [3.8, 4) is 11.8 Å². The Morgan fingerprint density at radius 3 is 2.85 bits per heavy atom. The highest BCUT2D eigenvalue weighted by atomic mass is 35.5. The summed E-state index contributed by atoms with van der Waals surface area (Å²) in [6.45, 7) is 1.96. The smallest absolute Gasteiger partial charge is 0.234 e. The Labute approximate surface area is 169 Å². The Morgan fingerprint density at radius 1 is 1.41 bits per heavy atom. The maximum absolute atomic E-state index is 12.8. The van der Waals surface area contributed by atoms with Crippen LogP contribution in [0.25, 0.3) is 5.69 Å². The average Bonchev–Trinajstić information content (AvgIpc) is 3.16. The zero-order valence-corrected chi connectivity index (χ0v) is 17.2. The van der Waals surface area contributed by atoms with Crippen molar-refractivity contribution >= 4 is 29.3 Å². The van der Waals surface area contributed by atoms with Crippen LogP contribution >= 0.6 is 23.4 Å². The molecule has 2 aromatic rings. The summed E-state index contributed by atoms with van der Waals surface area (Å²) < 4.78 is 1.94. The number of benzene rings is 1. The molecule has 0 aliphatic heterocycles. The fraction of sp³-hybridized carbons (Fsp3) is 0.450. The molecule has 1 aromatic carbocycles. The second kappa shape index (κ2) is 8.37. The molecule has 0 saturated heterocycles. The average molecular weight is 403 g/mol. The number of aromatic nitrogens is 2. The van der Waals surface area contributed by atoms with Crippen molar-refractivity contribution in [1.82, 2.24) is 14.5 Å². The van der Waals surface area contributed by atoms with Gasteiger partial charge in [-0.05, 0) is 37.5 Å². The normalized spacial score (nSPS) is 15.9. The number of carbonyl (C=O) groups is 1. The van der Waals surface area contributed by atoms with Gasteiger partial charge in [-0.15, -0.1) is 0 Å². The molecule has 1 amide bonds. The van der Waals surface area contributed by atoms with Gasteiger partial charge in [0.1, 0.15) is 5.54 Å². The number of nitrogens with zero attached hydrogens (tertiary/aromatic N) is 4. The maximum atomic E-state index is 12.8. The Balaban J connectivity index is 1.73. The van der Waals surface area contributed by atoms with Crippen molar-refractivity contribution in [2.75, 3.05) is 12.8 Å². The van der Waals surface area contributed by atoms with Crippen molar-refractivity contribution in [3.63, 3.8) is 0 Å². The molecule has 0 unspecified atom stereocenters. The zero-order valence-electron chi connectivity index (χ0n) is 15.6. The van der Waals surface area contributed by atoms with E-state index in [0.29, 0.717) is 5.02 Å². The minimum absolute atomic E-state index is 0.0409. The summed E-state index contributed by atoms with van der Waals surface area (Å²) in [6.07, 6.45) is 8.23. The van der Waals surface area contributed by atoms with E-state index in [4.69, 9.17) is 11.6 Å². The monoisotopic (exact) mass is 402 g/mol. The molecule has 7 heteroatoms. The van der Waals surface area contributed by atoms with E-state index in [1.165, 1.54) is 11.8 Å². The molecule has 5 nitrogen and oxygen atoms in total. The van der Waals surface area contributed by atoms with E-state index in [1.807, 2.05) is 35.9 Å². The summed E-state index contributed by atoms with van der Waals surface area (Å²) in [5.74, 6) is 0.206. The van der Waals surface area contributed by atoms with E-state index in [1.54, 1.807) is 18.1 Å². The van der Waals surface area contributed by atoms with Crippen LogP contribution in [-0.4, -0.2) is 38.7 Å². The molecule has 142 valence electrons. The van der Waals surface area contributed by atoms with Crippen LogP contribution in [0.2, 0.25) is 5.02 Å². The molecule has 1 fully saturated rings. The van der Waals surface area contributed by atoms with Crippen LogP contribution in [0.4, 0.5) is 0 Å². The van der Waals surface area contributed by atoms with E-state index in [9.17, 15) is 10.1 Å². The Kier molecular flexibility index (Phi) is 6.13. The van der Waals surface area contributed by atoms with Gasteiger partial charge in [-0.1, -0.05) is 48.7 Å². The summed E-state index contributed by atoms with van der Waals surface area (Å²) >= 11 is 7.62. The lowest BCUT2D eigenvalue weighted by Crippen LogP contribution is -2.50. The van der Waals surface area contributed by atoms with Crippen LogP contribution in [0.3, 0.4) is 0 Å². The van der Waals surface area contributed by atoms with Crippen LogP contribution < -0.4 is 0 Å². The number of hydrogen-bond acceptors (Lipinski definition) is 4. The van der Waals surface area contributed by atoms with Gasteiger partial charge in [0, 0.05) is 24.5 Å². The van der Waals surface area contributed by atoms with Crippen molar-refractivity contribution in [3.05, 3.63) is 41.2 Å². The molecule has 0 atom stereocenters. The van der Waals surface area contributed by atoms with Gasteiger partial charge in [0.05, 0.1) is 17.5 Å². The van der Waals surface area contributed by atoms with Crippen molar-refractivity contribution in [2.45, 2.75) is 49.7 Å². The summed E-state index contributed by atoms with van der Waals surface area (Å²) in [7, 11) is 1.75. The molecule has 3 rings (SSSR count). The Hall–Kier alpha value is -1.97. The first kappa shape index (κ1) is 19.8. The number of hydrogen-bond donors (Lipinski definition) is 0. The van der Waals surface area contributed by atoms with Crippen LogP contribution in [0.15, 0.2) is 35.7 Å². The molecule has 0 N–H and O–H groups in total. The lowest BCUT2D eigenvalue weighted by molar-refractivity contribution is -0.131. The molecule has 1 aromatic heterocycles.